The second-order valence-electron chi connectivity index (χ2n) is 3.93. The van der Waals surface area contributed by atoms with Crippen molar-refractivity contribution in [2.24, 2.45) is 0 Å². The molecule has 4 nitrogen and oxygen atoms in total. The molecule has 7 heteroatoms. The number of hydrogen-bond acceptors (Lipinski definition) is 3. The van der Waals surface area contributed by atoms with Gasteiger partial charge >= 0.3 is 6.18 Å². The zero-order valence-corrected chi connectivity index (χ0v) is 10.2. The monoisotopic (exact) mass is 265 g/mol. The Hall–Kier alpha value is -1.50. The highest BCUT2D eigenvalue weighted by Crippen LogP contribution is 2.33. The Bertz CT molecular complexity index is 426. The van der Waals surface area contributed by atoms with Crippen LogP contribution in [0.4, 0.5) is 13.2 Å². The number of alkyl halides is 3. The maximum Gasteiger partial charge on any atom is 0.450 e. The molecule has 0 aliphatic rings. The predicted octanol–water partition coefficient (Wildman–Crippen LogP) is 2.37. The summed E-state index contributed by atoms with van der Waals surface area (Å²) in [6.45, 7) is 3.19. The van der Waals surface area contributed by atoms with Crippen molar-refractivity contribution in [2.45, 2.75) is 26.1 Å². The quantitative estimate of drug-likeness (QED) is 0.909. The normalized spacial score (nSPS) is 13.4. The lowest BCUT2D eigenvalue weighted by Crippen LogP contribution is -2.36. The molecule has 0 aliphatic heterocycles. The molecule has 0 aliphatic carbocycles. The van der Waals surface area contributed by atoms with Gasteiger partial charge in [-0.1, -0.05) is 0 Å². The van der Waals surface area contributed by atoms with Crippen LogP contribution in [-0.2, 0) is 10.9 Å². The van der Waals surface area contributed by atoms with Gasteiger partial charge in [-0.25, -0.2) is 0 Å². The molecule has 1 rings (SSSR count). The van der Waals surface area contributed by atoms with E-state index >= 15 is 0 Å². The first kappa shape index (κ1) is 14.6. The Morgan fingerprint density at radius 2 is 2.17 bits per heavy atom. The maximum atomic E-state index is 12.6. The van der Waals surface area contributed by atoms with Crippen LogP contribution < -0.4 is 5.32 Å². The van der Waals surface area contributed by atoms with Gasteiger partial charge in [-0.05, 0) is 19.9 Å². The summed E-state index contributed by atoms with van der Waals surface area (Å²) in [4.78, 5) is 11.7. The van der Waals surface area contributed by atoms with E-state index < -0.39 is 29.4 Å². The minimum absolute atomic E-state index is 0.0341. The lowest BCUT2D eigenvalue weighted by atomic mass is 10.2. The number of carbonyl (C=O) groups excluding carboxylic acids is 1. The van der Waals surface area contributed by atoms with Crippen molar-refractivity contribution in [3.63, 3.8) is 0 Å². The third kappa shape index (κ3) is 3.49. The third-order valence-corrected chi connectivity index (χ3v) is 2.15. The fourth-order valence-corrected chi connectivity index (χ4v) is 1.49. The van der Waals surface area contributed by atoms with Gasteiger partial charge in [0.2, 0.25) is 5.76 Å². The van der Waals surface area contributed by atoms with Gasteiger partial charge in [0.05, 0.1) is 12.2 Å². The number of hydrogen-bond donors (Lipinski definition) is 1. The Morgan fingerprint density at radius 1 is 1.56 bits per heavy atom. The molecule has 1 N–H and O–H groups in total. The molecule has 0 radical (unpaired) electrons. The Kier molecular flexibility index (Phi) is 4.39. The predicted molar refractivity (Wildman–Crippen MR) is 57.3 cm³/mol. The van der Waals surface area contributed by atoms with E-state index in [-0.39, 0.29) is 12.4 Å². The molecule has 0 aromatic carbocycles. The first-order valence-electron chi connectivity index (χ1n) is 5.23. The summed E-state index contributed by atoms with van der Waals surface area (Å²) in [5.74, 6) is -2.07. The lowest BCUT2D eigenvalue weighted by Gasteiger charge is -2.13. The van der Waals surface area contributed by atoms with E-state index in [2.05, 4.69) is 9.73 Å². The number of furan rings is 1. The molecule has 1 aromatic rings. The minimum Gasteiger partial charge on any atom is -0.456 e. The van der Waals surface area contributed by atoms with Crippen molar-refractivity contribution in [3.8, 4) is 0 Å². The van der Waals surface area contributed by atoms with E-state index in [9.17, 15) is 18.0 Å². The minimum atomic E-state index is -4.69. The largest absolute Gasteiger partial charge is 0.456 e. The fraction of sp³-hybridized carbons (Fsp3) is 0.545. The summed E-state index contributed by atoms with van der Waals surface area (Å²) in [5, 5.41) is 2.40. The van der Waals surface area contributed by atoms with Crippen LogP contribution in [-0.4, -0.2) is 25.7 Å². The third-order valence-electron chi connectivity index (χ3n) is 2.15. The number of halogens is 3. The van der Waals surface area contributed by atoms with Crippen LogP contribution in [0, 0.1) is 6.92 Å². The van der Waals surface area contributed by atoms with Crippen LogP contribution >= 0.6 is 0 Å². The number of carbonyl (C=O) groups is 1. The van der Waals surface area contributed by atoms with Crippen LogP contribution in [0.15, 0.2) is 10.5 Å². The Balaban J connectivity index is 2.92. The van der Waals surface area contributed by atoms with Gasteiger partial charge in [0, 0.05) is 13.2 Å². The average Bonchev–Trinajstić information content (AvgIpc) is 2.60. The smallest absolute Gasteiger partial charge is 0.450 e. The summed E-state index contributed by atoms with van der Waals surface area (Å²) in [6.07, 6.45) is -4.69. The van der Waals surface area contributed by atoms with Gasteiger partial charge in [0.15, 0.2) is 0 Å². The van der Waals surface area contributed by atoms with E-state index in [1.165, 1.54) is 14.0 Å². The van der Waals surface area contributed by atoms with Crippen LogP contribution in [0.25, 0.3) is 0 Å². The molecule has 0 spiro atoms. The highest BCUT2D eigenvalue weighted by Gasteiger charge is 2.40. The average molecular weight is 265 g/mol. The zero-order valence-electron chi connectivity index (χ0n) is 10.2. The van der Waals surface area contributed by atoms with Gasteiger partial charge in [-0.3, -0.25) is 4.79 Å². The molecule has 0 fully saturated rings. The highest BCUT2D eigenvalue weighted by molar-refractivity contribution is 5.95. The topological polar surface area (TPSA) is 51.5 Å². The molecule has 1 atom stereocenters. The number of rotatable bonds is 4. The van der Waals surface area contributed by atoms with E-state index in [1.54, 1.807) is 6.92 Å². The summed E-state index contributed by atoms with van der Waals surface area (Å²) in [7, 11) is 1.44. The number of aryl methyl sites for hydroxylation is 1. The van der Waals surface area contributed by atoms with Crippen LogP contribution in [0.1, 0.15) is 28.8 Å². The number of nitrogens with one attached hydrogen (secondary N) is 1. The molecular formula is C11H14F3NO3. The van der Waals surface area contributed by atoms with E-state index in [1.807, 2.05) is 0 Å². The number of ether oxygens (including phenoxy) is 1. The van der Waals surface area contributed by atoms with E-state index in [4.69, 9.17) is 4.74 Å². The van der Waals surface area contributed by atoms with E-state index in [0.717, 1.165) is 6.07 Å². The maximum absolute atomic E-state index is 12.6. The van der Waals surface area contributed by atoms with Crippen molar-refractivity contribution >= 4 is 5.91 Å². The summed E-state index contributed by atoms with van der Waals surface area (Å²) in [5.41, 5.74) is -0.511. The van der Waals surface area contributed by atoms with Gasteiger partial charge in [-0.15, -0.1) is 0 Å². The number of methoxy groups -OCH3 is 1. The molecule has 1 unspecified atom stereocenters. The molecule has 102 valence electrons. The van der Waals surface area contributed by atoms with Crippen LogP contribution in [0.2, 0.25) is 0 Å². The van der Waals surface area contributed by atoms with Gasteiger partial charge < -0.3 is 14.5 Å². The van der Waals surface area contributed by atoms with Crippen LogP contribution in [0.5, 0.6) is 0 Å². The SMILES string of the molecule is COCC(C)NC(=O)c1cc(C)oc1C(F)(F)F. The summed E-state index contributed by atoms with van der Waals surface area (Å²) in [6, 6.07) is 0.677. The van der Waals surface area contributed by atoms with E-state index in [0.29, 0.717) is 0 Å². The molecule has 0 saturated heterocycles. The van der Waals surface area contributed by atoms with Gasteiger partial charge in [0.25, 0.3) is 5.91 Å². The van der Waals surface area contributed by atoms with Gasteiger partial charge in [0.1, 0.15) is 5.76 Å². The van der Waals surface area contributed by atoms with Crippen molar-refractivity contribution in [1.29, 1.82) is 0 Å². The standard InChI is InChI=1S/C11H14F3NO3/c1-6(5-17-3)15-10(16)8-4-7(2)18-9(8)11(12,13)14/h4,6H,5H2,1-3H3,(H,15,16). The first-order chi connectivity index (χ1) is 8.25. The molecule has 1 heterocycles. The molecule has 1 aromatic heterocycles. The molecule has 1 amide bonds. The van der Waals surface area contributed by atoms with Crippen molar-refractivity contribution < 1.29 is 27.1 Å². The lowest BCUT2D eigenvalue weighted by molar-refractivity contribution is -0.153. The van der Waals surface area contributed by atoms with Crippen molar-refractivity contribution in [2.75, 3.05) is 13.7 Å². The Labute approximate surface area is 102 Å². The first-order valence-corrected chi connectivity index (χ1v) is 5.23. The molecule has 0 bridgehead atoms. The summed E-state index contributed by atoms with van der Waals surface area (Å²) < 4.78 is 47.1. The summed E-state index contributed by atoms with van der Waals surface area (Å²) >= 11 is 0. The second kappa shape index (κ2) is 5.43. The van der Waals surface area contributed by atoms with Crippen LogP contribution in [0.3, 0.4) is 0 Å². The zero-order chi connectivity index (χ0) is 13.9. The van der Waals surface area contributed by atoms with Gasteiger partial charge in [-0.2, -0.15) is 13.2 Å². The highest BCUT2D eigenvalue weighted by atomic mass is 19.4. The van der Waals surface area contributed by atoms with Crippen molar-refractivity contribution in [1.82, 2.24) is 5.32 Å². The fourth-order valence-electron chi connectivity index (χ4n) is 1.49. The second-order valence-corrected chi connectivity index (χ2v) is 3.93. The molecular weight excluding hydrogens is 251 g/mol. The number of amides is 1. The Morgan fingerprint density at radius 3 is 2.67 bits per heavy atom. The van der Waals surface area contributed by atoms with Crippen molar-refractivity contribution in [3.05, 3.63) is 23.2 Å². The molecule has 0 saturated carbocycles. The molecule has 18 heavy (non-hydrogen) atoms.